The Balaban J connectivity index is 2.17. The second kappa shape index (κ2) is 6.24. The molecule has 21 heavy (non-hydrogen) atoms. The average Bonchev–Trinajstić information content (AvgIpc) is 2.94. The van der Waals surface area contributed by atoms with Crippen LogP contribution in [0.5, 0.6) is 0 Å². The second-order valence-electron chi connectivity index (χ2n) is 5.74. The predicted octanol–water partition coefficient (Wildman–Crippen LogP) is 2.13. The fourth-order valence-corrected chi connectivity index (χ4v) is 2.83. The van der Waals surface area contributed by atoms with Crippen molar-refractivity contribution in [2.45, 2.75) is 27.2 Å². The van der Waals surface area contributed by atoms with Crippen molar-refractivity contribution < 1.29 is 14.3 Å². The van der Waals surface area contributed by atoms with Gasteiger partial charge >= 0.3 is 5.97 Å². The number of rotatable bonds is 4. The first-order valence-electron chi connectivity index (χ1n) is 7.38. The van der Waals surface area contributed by atoms with Crippen molar-refractivity contribution in [1.29, 1.82) is 0 Å². The lowest BCUT2D eigenvalue weighted by atomic mass is 9.76. The summed E-state index contributed by atoms with van der Waals surface area (Å²) in [5.74, 6) is -0.110. The van der Waals surface area contributed by atoms with Crippen LogP contribution in [0.3, 0.4) is 0 Å². The van der Waals surface area contributed by atoms with Gasteiger partial charge in [0.25, 0.3) is 5.91 Å². The highest BCUT2D eigenvalue weighted by Crippen LogP contribution is 2.39. The number of aromatic nitrogens is 1. The first-order chi connectivity index (χ1) is 10.0. The first-order valence-corrected chi connectivity index (χ1v) is 7.38. The molecule has 1 fully saturated rings. The fourth-order valence-electron chi connectivity index (χ4n) is 2.83. The van der Waals surface area contributed by atoms with Gasteiger partial charge in [0.05, 0.1) is 12.0 Å². The van der Waals surface area contributed by atoms with Crippen LogP contribution >= 0.6 is 0 Å². The minimum absolute atomic E-state index is 0.0516. The van der Waals surface area contributed by atoms with Crippen molar-refractivity contribution in [3.63, 3.8) is 0 Å². The largest absolute Gasteiger partial charge is 0.466 e. The Hall–Kier alpha value is -1.91. The summed E-state index contributed by atoms with van der Waals surface area (Å²) in [6.07, 6.45) is 3.86. The van der Waals surface area contributed by atoms with Crippen LogP contribution in [0.4, 0.5) is 0 Å². The van der Waals surface area contributed by atoms with Crippen LogP contribution in [-0.2, 0) is 9.53 Å². The van der Waals surface area contributed by atoms with Crippen LogP contribution in [0.15, 0.2) is 24.5 Å². The van der Waals surface area contributed by atoms with Crippen molar-refractivity contribution in [3.05, 3.63) is 30.1 Å². The molecule has 1 saturated heterocycles. The Morgan fingerprint density at radius 2 is 2.05 bits per heavy atom. The Labute approximate surface area is 125 Å². The van der Waals surface area contributed by atoms with E-state index >= 15 is 0 Å². The van der Waals surface area contributed by atoms with Gasteiger partial charge < -0.3 is 9.64 Å². The normalized spacial score (nSPS) is 21.6. The predicted molar refractivity (Wildman–Crippen MR) is 78.7 cm³/mol. The number of carbonyl (C=O) groups excluding carboxylic acids is 2. The molecule has 1 atom stereocenters. The minimum Gasteiger partial charge on any atom is -0.466 e. The molecular formula is C16H22N2O3. The summed E-state index contributed by atoms with van der Waals surface area (Å²) in [5.41, 5.74) is 0.0204. The third kappa shape index (κ3) is 2.91. The molecule has 0 unspecified atom stereocenters. The van der Waals surface area contributed by atoms with Gasteiger partial charge in [0.15, 0.2) is 0 Å². The van der Waals surface area contributed by atoms with Crippen molar-refractivity contribution in [2.75, 3.05) is 19.7 Å². The highest BCUT2D eigenvalue weighted by atomic mass is 16.5. The second-order valence-corrected chi connectivity index (χ2v) is 5.74. The topological polar surface area (TPSA) is 59.5 Å². The maximum atomic E-state index is 12.5. The number of pyridine rings is 1. The molecule has 0 aromatic carbocycles. The van der Waals surface area contributed by atoms with Crippen LogP contribution in [0.1, 0.15) is 37.6 Å². The van der Waals surface area contributed by atoms with E-state index in [9.17, 15) is 9.59 Å². The SMILES string of the molecule is CCOC(=O)[C@@]1(C(C)C)CCN(C(=O)c2ccncc2)C1. The third-order valence-electron chi connectivity index (χ3n) is 4.30. The molecule has 5 nitrogen and oxygen atoms in total. The first kappa shape index (κ1) is 15.5. The number of esters is 1. The standard InChI is InChI=1S/C16H22N2O3/c1-4-21-15(20)16(12(2)3)7-10-18(11-16)14(19)13-5-8-17-9-6-13/h5-6,8-9,12H,4,7,10-11H2,1-3H3/t16-/m0/s1. The molecule has 1 aliphatic rings. The van der Waals surface area contributed by atoms with Crippen molar-refractivity contribution in [1.82, 2.24) is 9.88 Å². The smallest absolute Gasteiger partial charge is 0.314 e. The number of carbonyl (C=O) groups is 2. The number of ether oxygens (including phenoxy) is 1. The maximum absolute atomic E-state index is 12.5. The molecular weight excluding hydrogens is 268 g/mol. The van der Waals surface area contributed by atoms with Crippen LogP contribution in [0, 0.1) is 11.3 Å². The number of hydrogen-bond acceptors (Lipinski definition) is 4. The Morgan fingerprint density at radius 3 is 2.62 bits per heavy atom. The molecule has 0 spiro atoms. The van der Waals surface area contributed by atoms with E-state index in [1.807, 2.05) is 13.8 Å². The van der Waals surface area contributed by atoms with E-state index in [1.54, 1.807) is 36.4 Å². The number of likely N-dealkylation sites (tertiary alicyclic amines) is 1. The minimum atomic E-state index is -0.585. The molecule has 1 aromatic rings. The molecule has 0 saturated carbocycles. The zero-order valence-corrected chi connectivity index (χ0v) is 12.8. The number of nitrogens with zero attached hydrogens (tertiary/aromatic N) is 2. The van der Waals surface area contributed by atoms with E-state index in [4.69, 9.17) is 4.74 Å². The van der Waals surface area contributed by atoms with Gasteiger partial charge in [-0.05, 0) is 31.4 Å². The van der Waals surface area contributed by atoms with E-state index in [0.29, 0.717) is 31.7 Å². The number of amides is 1. The molecule has 114 valence electrons. The van der Waals surface area contributed by atoms with E-state index in [2.05, 4.69) is 4.98 Å². The molecule has 1 amide bonds. The van der Waals surface area contributed by atoms with Crippen LogP contribution in [-0.4, -0.2) is 41.5 Å². The van der Waals surface area contributed by atoms with Gasteiger partial charge in [-0.2, -0.15) is 0 Å². The molecule has 0 radical (unpaired) electrons. The maximum Gasteiger partial charge on any atom is 0.314 e. The van der Waals surface area contributed by atoms with Gasteiger partial charge in [-0.1, -0.05) is 13.8 Å². The summed E-state index contributed by atoms with van der Waals surface area (Å²) in [4.78, 5) is 30.5. The van der Waals surface area contributed by atoms with Gasteiger partial charge in [0.1, 0.15) is 0 Å². The highest BCUT2D eigenvalue weighted by Gasteiger charge is 2.49. The lowest BCUT2D eigenvalue weighted by Crippen LogP contribution is -2.41. The Bertz CT molecular complexity index is 516. The molecule has 0 bridgehead atoms. The summed E-state index contributed by atoms with van der Waals surface area (Å²) >= 11 is 0. The van der Waals surface area contributed by atoms with Gasteiger partial charge in [0.2, 0.25) is 0 Å². The Morgan fingerprint density at radius 1 is 1.38 bits per heavy atom. The molecule has 5 heteroatoms. The molecule has 1 aliphatic heterocycles. The van der Waals surface area contributed by atoms with Gasteiger partial charge in [-0.3, -0.25) is 14.6 Å². The van der Waals surface area contributed by atoms with E-state index in [-0.39, 0.29) is 17.8 Å². The van der Waals surface area contributed by atoms with E-state index in [1.165, 1.54) is 0 Å². The highest BCUT2D eigenvalue weighted by molar-refractivity contribution is 5.95. The van der Waals surface area contributed by atoms with E-state index in [0.717, 1.165) is 0 Å². The average molecular weight is 290 g/mol. The van der Waals surface area contributed by atoms with Gasteiger partial charge in [0, 0.05) is 31.0 Å². The molecule has 0 N–H and O–H groups in total. The van der Waals surface area contributed by atoms with Crippen molar-refractivity contribution in [2.24, 2.45) is 11.3 Å². The zero-order chi connectivity index (χ0) is 15.5. The monoisotopic (exact) mass is 290 g/mol. The van der Waals surface area contributed by atoms with Gasteiger partial charge in [-0.25, -0.2) is 0 Å². The zero-order valence-electron chi connectivity index (χ0n) is 12.8. The Kier molecular flexibility index (Phi) is 4.60. The third-order valence-corrected chi connectivity index (χ3v) is 4.30. The van der Waals surface area contributed by atoms with Crippen LogP contribution in [0.25, 0.3) is 0 Å². The molecule has 0 aliphatic carbocycles. The van der Waals surface area contributed by atoms with Gasteiger partial charge in [-0.15, -0.1) is 0 Å². The van der Waals surface area contributed by atoms with E-state index < -0.39 is 5.41 Å². The summed E-state index contributed by atoms with van der Waals surface area (Å²) < 4.78 is 5.24. The quantitative estimate of drug-likeness (QED) is 0.797. The van der Waals surface area contributed by atoms with Crippen LogP contribution in [0.2, 0.25) is 0 Å². The lowest BCUT2D eigenvalue weighted by molar-refractivity contribution is -0.157. The summed E-state index contributed by atoms with van der Waals surface area (Å²) in [7, 11) is 0. The summed E-state index contributed by atoms with van der Waals surface area (Å²) in [5, 5.41) is 0. The molecule has 2 heterocycles. The van der Waals surface area contributed by atoms with Crippen molar-refractivity contribution >= 4 is 11.9 Å². The fraction of sp³-hybridized carbons (Fsp3) is 0.562. The van der Waals surface area contributed by atoms with Crippen LogP contribution < -0.4 is 0 Å². The van der Waals surface area contributed by atoms with Crippen molar-refractivity contribution in [3.8, 4) is 0 Å². The molecule has 2 rings (SSSR count). The summed E-state index contributed by atoms with van der Waals surface area (Å²) in [6, 6.07) is 3.39. The summed E-state index contributed by atoms with van der Waals surface area (Å²) in [6.45, 7) is 7.20. The lowest BCUT2D eigenvalue weighted by Gasteiger charge is -2.30. The molecule has 1 aromatic heterocycles. The number of hydrogen-bond donors (Lipinski definition) is 0.